The lowest BCUT2D eigenvalue weighted by atomic mass is 9.97. The number of carbonyl (C=O) groups excluding carboxylic acids is 1. The number of amides is 1. The van der Waals surface area contributed by atoms with Crippen molar-refractivity contribution in [1.29, 1.82) is 0 Å². The van der Waals surface area contributed by atoms with Gasteiger partial charge in [-0.05, 0) is 62.2 Å². The highest BCUT2D eigenvalue weighted by Crippen LogP contribution is 2.36. The van der Waals surface area contributed by atoms with Crippen LogP contribution in [0.5, 0.6) is 11.5 Å². The van der Waals surface area contributed by atoms with Gasteiger partial charge in [0.05, 0.1) is 31.9 Å². The minimum atomic E-state index is -0.334. The molecule has 0 fully saturated rings. The van der Waals surface area contributed by atoms with Crippen molar-refractivity contribution in [3.8, 4) is 11.5 Å². The first-order chi connectivity index (χ1) is 13.3. The first kappa shape index (κ1) is 20.0. The normalized spacial score (nSPS) is 13.5. The van der Waals surface area contributed by atoms with E-state index >= 15 is 0 Å². The van der Waals surface area contributed by atoms with Crippen LogP contribution >= 0.6 is 0 Å². The van der Waals surface area contributed by atoms with Gasteiger partial charge in [-0.1, -0.05) is 0 Å². The van der Waals surface area contributed by atoms with Crippen LogP contribution in [0, 0.1) is 5.82 Å². The summed E-state index contributed by atoms with van der Waals surface area (Å²) in [6, 6.07) is 8.73. The van der Waals surface area contributed by atoms with Crippen LogP contribution < -0.4 is 19.3 Å². The van der Waals surface area contributed by atoms with Crippen LogP contribution in [-0.2, 0) is 17.8 Å². The van der Waals surface area contributed by atoms with Crippen LogP contribution in [0.2, 0.25) is 0 Å². The maximum absolute atomic E-state index is 14.6. The predicted octanol–water partition coefficient (Wildman–Crippen LogP) is 4.17. The number of hydrogen-bond donors (Lipinski definition) is 0. The number of carbonyl (C=O) groups is 1. The molecule has 3 rings (SSSR count). The average molecular weight is 386 g/mol. The lowest BCUT2D eigenvalue weighted by Gasteiger charge is -2.30. The summed E-state index contributed by atoms with van der Waals surface area (Å²) in [7, 11) is 3.42. The molecule has 1 aliphatic heterocycles. The summed E-state index contributed by atoms with van der Waals surface area (Å²) < 4.78 is 25.8. The van der Waals surface area contributed by atoms with E-state index in [4.69, 9.17) is 9.47 Å². The zero-order valence-electron chi connectivity index (χ0n) is 17.1. The molecule has 0 saturated carbocycles. The maximum Gasteiger partial charge on any atom is 0.231 e. The van der Waals surface area contributed by atoms with Gasteiger partial charge in [0.25, 0.3) is 0 Å². The monoisotopic (exact) mass is 386 g/mol. The molecule has 0 N–H and O–H groups in total. The minimum absolute atomic E-state index is 0.00507. The summed E-state index contributed by atoms with van der Waals surface area (Å²) >= 11 is 0. The standard InChI is InChI=1S/C22H27FN2O3/c1-6-24(4)19-8-7-17(12-18(19)23)25-13-16-10-21(28-14(2)3)20(27-5)9-15(16)11-22(25)26/h7-10,12,14H,6,11,13H2,1-5H3. The van der Waals surface area contributed by atoms with Crippen molar-refractivity contribution in [3.05, 3.63) is 47.3 Å². The molecule has 1 amide bonds. The van der Waals surface area contributed by atoms with Crippen molar-refractivity contribution < 1.29 is 18.7 Å². The third kappa shape index (κ3) is 3.91. The summed E-state index contributed by atoms with van der Waals surface area (Å²) in [4.78, 5) is 16.2. The molecule has 0 atom stereocenters. The molecule has 5 nitrogen and oxygen atoms in total. The Morgan fingerprint density at radius 3 is 2.50 bits per heavy atom. The Labute approximate surface area is 165 Å². The third-order valence-electron chi connectivity index (χ3n) is 4.95. The third-order valence-corrected chi connectivity index (χ3v) is 4.95. The van der Waals surface area contributed by atoms with Crippen molar-refractivity contribution in [1.82, 2.24) is 0 Å². The van der Waals surface area contributed by atoms with Crippen molar-refractivity contribution in [2.24, 2.45) is 0 Å². The van der Waals surface area contributed by atoms with E-state index in [0.29, 0.717) is 36.0 Å². The van der Waals surface area contributed by atoms with Crippen LogP contribution in [0.15, 0.2) is 30.3 Å². The highest BCUT2D eigenvalue weighted by atomic mass is 19.1. The molecular formula is C22H27FN2O3. The number of benzene rings is 2. The molecule has 0 aromatic heterocycles. The first-order valence-corrected chi connectivity index (χ1v) is 9.51. The lowest BCUT2D eigenvalue weighted by Crippen LogP contribution is -2.36. The molecule has 2 aromatic rings. The minimum Gasteiger partial charge on any atom is -0.493 e. The molecule has 0 unspecified atom stereocenters. The number of nitrogens with zero attached hydrogens (tertiary/aromatic N) is 2. The molecule has 28 heavy (non-hydrogen) atoms. The molecule has 0 bridgehead atoms. The second-order valence-corrected chi connectivity index (χ2v) is 7.24. The predicted molar refractivity (Wildman–Crippen MR) is 109 cm³/mol. The van der Waals surface area contributed by atoms with Gasteiger partial charge in [-0.25, -0.2) is 4.39 Å². The lowest BCUT2D eigenvalue weighted by molar-refractivity contribution is -0.118. The van der Waals surface area contributed by atoms with E-state index in [-0.39, 0.29) is 24.2 Å². The highest BCUT2D eigenvalue weighted by molar-refractivity contribution is 5.96. The van der Waals surface area contributed by atoms with Gasteiger partial charge in [-0.3, -0.25) is 4.79 Å². The Balaban J connectivity index is 1.93. The summed E-state index contributed by atoms with van der Waals surface area (Å²) in [6.45, 7) is 6.93. The zero-order valence-corrected chi connectivity index (χ0v) is 17.1. The molecular weight excluding hydrogens is 359 g/mol. The molecule has 0 radical (unpaired) electrons. The van der Waals surface area contributed by atoms with Crippen LogP contribution in [0.25, 0.3) is 0 Å². The van der Waals surface area contributed by atoms with E-state index in [1.165, 1.54) is 6.07 Å². The number of fused-ring (bicyclic) bond motifs is 1. The Hall–Kier alpha value is -2.76. The van der Waals surface area contributed by atoms with Crippen LogP contribution in [0.4, 0.5) is 15.8 Å². The molecule has 0 saturated heterocycles. The summed E-state index contributed by atoms with van der Waals surface area (Å²) in [5, 5.41) is 0. The van der Waals surface area contributed by atoms with E-state index in [1.54, 1.807) is 24.1 Å². The van der Waals surface area contributed by atoms with E-state index in [0.717, 1.165) is 11.1 Å². The van der Waals surface area contributed by atoms with Gasteiger partial charge in [-0.15, -0.1) is 0 Å². The molecule has 0 spiro atoms. The van der Waals surface area contributed by atoms with E-state index < -0.39 is 0 Å². The van der Waals surface area contributed by atoms with Gasteiger partial charge in [0.15, 0.2) is 11.5 Å². The smallest absolute Gasteiger partial charge is 0.231 e. The number of methoxy groups -OCH3 is 1. The molecule has 2 aromatic carbocycles. The summed E-state index contributed by atoms with van der Waals surface area (Å²) in [5.41, 5.74) is 2.97. The van der Waals surface area contributed by atoms with E-state index in [1.807, 2.05) is 44.9 Å². The van der Waals surface area contributed by atoms with E-state index in [2.05, 4.69) is 0 Å². The Kier molecular flexibility index (Phi) is 5.77. The number of hydrogen-bond acceptors (Lipinski definition) is 4. The summed E-state index contributed by atoms with van der Waals surface area (Å²) in [5.74, 6) is 0.866. The van der Waals surface area contributed by atoms with Crippen molar-refractivity contribution >= 4 is 17.3 Å². The van der Waals surface area contributed by atoms with Gasteiger partial charge < -0.3 is 19.3 Å². The second kappa shape index (κ2) is 8.09. The highest BCUT2D eigenvalue weighted by Gasteiger charge is 2.27. The van der Waals surface area contributed by atoms with Crippen molar-refractivity contribution in [2.45, 2.75) is 39.8 Å². The van der Waals surface area contributed by atoms with Gasteiger partial charge in [0.1, 0.15) is 5.82 Å². The molecule has 6 heteroatoms. The number of ether oxygens (including phenoxy) is 2. The largest absolute Gasteiger partial charge is 0.493 e. The first-order valence-electron chi connectivity index (χ1n) is 9.51. The van der Waals surface area contributed by atoms with Gasteiger partial charge in [-0.2, -0.15) is 0 Å². The Morgan fingerprint density at radius 1 is 1.18 bits per heavy atom. The fraction of sp³-hybridized carbons (Fsp3) is 0.409. The Morgan fingerprint density at radius 2 is 1.89 bits per heavy atom. The van der Waals surface area contributed by atoms with Crippen LogP contribution in [-0.4, -0.2) is 32.7 Å². The number of halogens is 1. The fourth-order valence-electron chi connectivity index (χ4n) is 3.36. The number of rotatable bonds is 6. The molecule has 0 aliphatic carbocycles. The SMILES string of the molecule is CCN(C)c1ccc(N2Cc3cc(OC(C)C)c(OC)cc3CC2=O)cc1F. The van der Waals surface area contributed by atoms with Crippen LogP contribution in [0.3, 0.4) is 0 Å². The quantitative estimate of drug-likeness (QED) is 0.747. The fourth-order valence-corrected chi connectivity index (χ4v) is 3.36. The van der Waals surface area contributed by atoms with Gasteiger partial charge >= 0.3 is 0 Å². The van der Waals surface area contributed by atoms with Gasteiger partial charge in [0, 0.05) is 19.3 Å². The molecule has 1 aliphatic rings. The van der Waals surface area contributed by atoms with Gasteiger partial charge in [0.2, 0.25) is 5.91 Å². The topological polar surface area (TPSA) is 42.0 Å². The molecule has 1 heterocycles. The zero-order chi connectivity index (χ0) is 20.4. The molecule has 150 valence electrons. The van der Waals surface area contributed by atoms with Crippen molar-refractivity contribution in [3.63, 3.8) is 0 Å². The number of anilines is 2. The van der Waals surface area contributed by atoms with E-state index in [9.17, 15) is 9.18 Å². The summed E-state index contributed by atoms with van der Waals surface area (Å²) in [6.07, 6.45) is 0.247. The van der Waals surface area contributed by atoms with Crippen molar-refractivity contribution in [2.75, 3.05) is 30.5 Å². The Bertz CT molecular complexity index is 882. The second-order valence-electron chi connectivity index (χ2n) is 7.24. The van der Waals surface area contributed by atoms with Crippen LogP contribution in [0.1, 0.15) is 31.9 Å². The maximum atomic E-state index is 14.6. The average Bonchev–Trinajstić information content (AvgIpc) is 2.66.